The molecule has 3 nitrogen and oxygen atoms in total. The average molecular weight is 282 g/mol. The van der Waals surface area contributed by atoms with Gasteiger partial charge < -0.3 is 0 Å². The van der Waals surface area contributed by atoms with Crippen LogP contribution in [0.1, 0.15) is 24.8 Å². The number of rotatable bonds is 2. The summed E-state index contributed by atoms with van der Waals surface area (Å²) in [5.41, 5.74) is 0.320. The van der Waals surface area contributed by atoms with E-state index in [1.165, 1.54) is 22.9 Å². The second-order valence-electron chi connectivity index (χ2n) is 5.59. The van der Waals surface area contributed by atoms with E-state index in [4.69, 9.17) is 0 Å². The number of aryl methyl sites for hydroxylation is 1. The third kappa shape index (κ3) is 2.09. The van der Waals surface area contributed by atoms with Crippen LogP contribution in [-0.4, -0.2) is 25.8 Å². The molecule has 1 aliphatic carbocycles. The van der Waals surface area contributed by atoms with E-state index >= 15 is 0 Å². The largest absolute Gasteiger partial charge is 0.246 e. The SMILES string of the molecule is Cc1c[c]cc(S(=O)(=O)N2CC3CCCC3C2)c1F. The molecule has 1 radical (unpaired) electrons. The smallest absolute Gasteiger partial charge is 0.207 e. The minimum Gasteiger partial charge on any atom is -0.207 e. The Morgan fingerprint density at radius 1 is 1.26 bits per heavy atom. The Morgan fingerprint density at radius 3 is 2.53 bits per heavy atom. The monoisotopic (exact) mass is 282 g/mol. The first-order chi connectivity index (χ1) is 9.00. The summed E-state index contributed by atoms with van der Waals surface area (Å²) in [4.78, 5) is -0.229. The van der Waals surface area contributed by atoms with Crippen LogP contribution in [0.5, 0.6) is 0 Å². The highest BCUT2D eigenvalue weighted by Gasteiger charge is 2.42. The fraction of sp³-hybridized carbons (Fsp3) is 0.571. The van der Waals surface area contributed by atoms with Crippen LogP contribution in [-0.2, 0) is 10.0 Å². The number of sulfonamides is 1. The maximum atomic E-state index is 14.0. The van der Waals surface area contributed by atoms with Gasteiger partial charge in [0.25, 0.3) is 0 Å². The molecule has 1 aliphatic heterocycles. The molecular formula is C14H17FNO2S. The van der Waals surface area contributed by atoms with Crippen molar-refractivity contribution in [2.45, 2.75) is 31.1 Å². The van der Waals surface area contributed by atoms with Crippen LogP contribution in [0.4, 0.5) is 4.39 Å². The zero-order chi connectivity index (χ0) is 13.6. The quantitative estimate of drug-likeness (QED) is 0.835. The van der Waals surface area contributed by atoms with Crippen molar-refractivity contribution < 1.29 is 12.8 Å². The third-order valence-corrected chi connectivity index (χ3v) is 6.22. The highest BCUT2D eigenvalue weighted by Crippen LogP contribution is 2.40. The third-order valence-electron chi connectivity index (χ3n) is 4.39. The molecule has 2 fully saturated rings. The lowest BCUT2D eigenvalue weighted by Crippen LogP contribution is -2.30. The Bertz CT molecular complexity index is 587. The molecule has 2 atom stereocenters. The number of hydrogen-bond donors (Lipinski definition) is 0. The molecule has 0 bridgehead atoms. The van der Waals surface area contributed by atoms with Crippen molar-refractivity contribution in [2.75, 3.05) is 13.1 Å². The van der Waals surface area contributed by atoms with Crippen molar-refractivity contribution in [3.8, 4) is 0 Å². The molecule has 2 aliphatic rings. The van der Waals surface area contributed by atoms with Crippen molar-refractivity contribution in [3.63, 3.8) is 0 Å². The first-order valence-corrected chi connectivity index (χ1v) is 8.10. The lowest BCUT2D eigenvalue weighted by Gasteiger charge is -2.18. The predicted octanol–water partition coefficient (Wildman–Crippen LogP) is 2.35. The van der Waals surface area contributed by atoms with Gasteiger partial charge in [0.1, 0.15) is 10.7 Å². The molecule has 19 heavy (non-hydrogen) atoms. The van der Waals surface area contributed by atoms with Gasteiger partial charge in [0.15, 0.2) is 0 Å². The van der Waals surface area contributed by atoms with Crippen molar-refractivity contribution >= 4 is 10.0 Å². The van der Waals surface area contributed by atoms with Crippen molar-refractivity contribution in [3.05, 3.63) is 29.6 Å². The standard InChI is InChI=1S/C14H17FNO2S/c1-10-4-2-7-13(14(10)15)19(17,18)16-8-11-5-3-6-12(11)9-16/h4,7,11-12H,3,5-6,8-9H2,1H3. The van der Waals surface area contributed by atoms with E-state index in [0.29, 0.717) is 30.5 Å². The summed E-state index contributed by atoms with van der Waals surface area (Å²) in [5, 5.41) is 0. The summed E-state index contributed by atoms with van der Waals surface area (Å²) in [6.07, 6.45) is 3.38. The normalized spacial score (nSPS) is 27.7. The Labute approximate surface area is 113 Å². The fourth-order valence-corrected chi connectivity index (χ4v) is 4.94. The van der Waals surface area contributed by atoms with E-state index in [0.717, 1.165) is 12.8 Å². The molecule has 1 saturated carbocycles. The molecular weight excluding hydrogens is 265 g/mol. The molecule has 1 aromatic carbocycles. The summed E-state index contributed by atoms with van der Waals surface area (Å²) in [5.74, 6) is 0.286. The minimum atomic E-state index is -3.71. The van der Waals surface area contributed by atoms with E-state index in [9.17, 15) is 12.8 Å². The van der Waals surface area contributed by atoms with Gasteiger partial charge in [-0.15, -0.1) is 0 Å². The lowest BCUT2D eigenvalue weighted by molar-refractivity contribution is 0.440. The molecule has 0 aromatic heterocycles. The van der Waals surface area contributed by atoms with Crippen LogP contribution in [0, 0.1) is 30.6 Å². The second kappa shape index (κ2) is 4.56. The molecule has 2 unspecified atom stereocenters. The van der Waals surface area contributed by atoms with E-state index in [1.54, 1.807) is 6.92 Å². The van der Waals surface area contributed by atoms with Gasteiger partial charge >= 0.3 is 0 Å². The van der Waals surface area contributed by atoms with Crippen LogP contribution >= 0.6 is 0 Å². The minimum absolute atomic E-state index is 0.229. The zero-order valence-corrected chi connectivity index (χ0v) is 11.7. The molecule has 0 spiro atoms. The lowest BCUT2D eigenvalue weighted by atomic mass is 10.0. The first kappa shape index (κ1) is 13.1. The van der Waals surface area contributed by atoms with E-state index in [2.05, 4.69) is 6.07 Å². The number of halogens is 1. The van der Waals surface area contributed by atoms with E-state index in [1.807, 2.05) is 0 Å². The summed E-state index contributed by atoms with van der Waals surface area (Å²) < 4.78 is 40.5. The number of benzene rings is 1. The first-order valence-electron chi connectivity index (χ1n) is 6.66. The van der Waals surface area contributed by atoms with Gasteiger partial charge in [-0.3, -0.25) is 0 Å². The van der Waals surface area contributed by atoms with Crippen LogP contribution < -0.4 is 0 Å². The summed E-state index contributed by atoms with van der Waals surface area (Å²) in [6.45, 7) is 2.64. The Balaban J connectivity index is 1.93. The average Bonchev–Trinajstić information content (AvgIpc) is 2.92. The molecule has 1 aromatic rings. The molecule has 5 heteroatoms. The van der Waals surface area contributed by atoms with Gasteiger partial charge in [-0.25, -0.2) is 12.8 Å². The van der Waals surface area contributed by atoms with Crippen LogP contribution in [0.2, 0.25) is 0 Å². The fourth-order valence-electron chi connectivity index (χ4n) is 3.28. The van der Waals surface area contributed by atoms with Crippen LogP contribution in [0.25, 0.3) is 0 Å². The number of hydrogen-bond acceptors (Lipinski definition) is 2. The van der Waals surface area contributed by atoms with E-state index in [-0.39, 0.29) is 4.90 Å². The maximum Gasteiger partial charge on any atom is 0.246 e. The Kier molecular flexibility index (Phi) is 3.14. The van der Waals surface area contributed by atoms with E-state index < -0.39 is 15.8 Å². The second-order valence-corrected chi connectivity index (χ2v) is 7.50. The molecule has 0 amide bonds. The van der Waals surface area contributed by atoms with Gasteiger partial charge in [0, 0.05) is 13.1 Å². The van der Waals surface area contributed by atoms with Gasteiger partial charge in [-0.1, -0.05) is 6.42 Å². The molecule has 1 saturated heterocycles. The van der Waals surface area contributed by atoms with Gasteiger partial charge in [0.05, 0.1) is 0 Å². The van der Waals surface area contributed by atoms with Crippen molar-refractivity contribution in [1.82, 2.24) is 4.31 Å². The summed E-state index contributed by atoms with van der Waals surface area (Å²) in [7, 11) is -3.71. The highest BCUT2D eigenvalue weighted by atomic mass is 32.2. The summed E-state index contributed by atoms with van der Waals surface area (Å²) in [6, 6.07) is 5.41. The maximum absolute atomic E-state index is 14.0. The van der Waals surface area contributed by atoms with Gasteiger partial charge in [0.2, 0.25) is 10.0 Å². The topological polar surface area (TPSA) is 37.4 Å². The zero-order valence-electron chi connectivity index (χ0n) is 10.9. The van der Waals surface area contributed by atoms with Crippen molar-refractivity contribution in [2.24, 2.45) is 11.8 Å². The molecule has 1 heterocycles. The Morgan fingerprint density at radius 2 is 1.89 bits per heavy atom. The van der Waals surface area contributed by atoms with Crippen LogP contribution in [0.15, 0.2) is 17.0 Å². The van der Waals surface area contributed by atoms with Crippen LogP contribution in [0.3, 0.4) is 0 Å². The molecule has 0 N–H and O–H groups in total. The molecule has 103 valence electrons. The predicted molar refractivity (Wildman–Crippen MR) is 69.6 cm³/mol. The van der Waals surface area contributed by atoms with Gasteiger partial charge in [-0.05, 0) is 55.4 Å². The summed E-state index contributed by atoms with van der Waals surface area (Å²) >= 11 is 0. The Hall–Kier alpha value is -0.940. The van der Waals surface area contributed by atoms with Crippen molar-refractivity contribution in [1.29, 1.82) is 0 Å². The highest BCUT2D eigenvalue weighted by molar-refractivity contribution is 7.89. The molecule has 3 rings (SSSR count). The van der Waals surface area contributed by atoms with Gasteiger partial charge in [-0.2, -0.15) is 4.31 Å². The number of nitrogens with zero attached hydrogens (tertiary/aromatic N) is 1. The number of fused-ring (bicyclic) bond motifs is 1.